The Labute approximate surface area is 69.5 Å². The van der Waals surface area contributed by atoms with Gasteiger partial charge in [0.1, 0.15) is 0 Å². The van der Waals surface area contributed by atoms with E-state index in [0.717, 1.165) is 32.5 Å². The number of aliphatic hydroxyl groups excluding tert-OH is 1. The van der Waals surface area contributed by atoms with Gasteiger partial charge >= 0.3 is 0 Å². The number of likely N-dealkylation sites (tertiary alicyclic amines) is 1. The summed E-state index contributed by atoms with van der Waals surface area (Å²) in [7, 11) is 0. The maximum absolute atomic E-state index is 9.23. The number of hydrogen-bond donors (Lipinski definition) is 1. The van der Waals surface area contributed by atoms with E-state index in [1.54, 1.807) is 0 Å². The second-order valence-electron chi connectivity index (χ2n) is 2.84. The van der Waals surface area contributed by atoms with Crippen molar-refractivity contribution in [2.45, 2.75) is 26.4 Å². The Morgan fingerprint density at radius 2 is 2.36 bits per heavy atom. The minimum Gasteiger partial charge on any atom is -0.392 e. The molecule has 1 fully saturated rings. The van der Waals surface area contributed by atoms with Gasteiger partial charge in [-0.05, 0) is 19.4 Å². The lowest BCUT2D eigenvalue weighted by Crippen LogP contribution is -2.38. The van der Waals surface area contributed by atoms with E-state index < -0.39 is 0 Å². The molecule has 0 aromatic carbocycles. The van der Waals surface area contributed by atoms with Crippen LogP contribution < -0.4 is 0 Å². The lowest BCUT2D eigenvalue weighted by molar-refractivity contribution is 0.0771. The highest BCUT2D eigenvalue weighted by Crippen LogP contribution is 2.08. The first-order chi connectivity index (χ1) is 4.83. The molecule has 2 heteroatoms. The van der Waals surface area contributed by atoms with Crippen molar-refractivity contribution in [3.8, 4) is 0 Å². The molecule has 1 unspecified atom stereocenters. The third-order valence-electron chi connectivity index (χ3n) is 1.87. The van der Waals surface area contributed by atoms with E-state index in [2.05, 4.69) is 11.5 Å². The zero-order valence-electron chi connectivity index (χ0n) is 6.29. The largest absolute Gasteiger partial charge is 0.392 e. The van der Waals surface area contributed by atoms with Crippen LogP contribution in [0.1, 0.15) is 20.3 Å². The SMILES string of the molecule is C.C=CCN1CCCC(O)C1. The lowest BCUT2D eigenvalue weighted by atomic mass is 10.1. The summed E-state index contributed by atoms with van der Waals surface area (Å²) in [6.07, 6.45) is 3.87. The number of nitrogens with zero attached hydrogens (tertiary/aromatic N) is 1. The topological polar surface area (TPSA) is 23.5 Å². The van der Waals surface area contributed by atoms with Crippen molar-refractivity contribution in [2.75, 3.05) is 19.6 Å². The molecule has 0 bridgehead atoms. The van der Waals surface area contributed by atoms with Crippen LogP contribution in [0.3, 0.4) is 0 Å². The van der Waals surface area contributed by atoms with Gasteiger partial charge in [0.05, 0.1) is 6.10 Å². The van der Waals surface area contributed by atoms with Crippen LogP contribution in [-0.4, -0.2) is 35.7 Å². The monoisotopic (exact) mass is 157 g/mol. The van der Waals surface area contributed by atoms with Gasteiger partial charge in [0.15, 0.2) is 0 Å². The summed E-state index contributed by atoms with van der Waals surface area (Å²) in [5.41, 5.74) is 0. The van der Waals surface area contributed by atoms with Crippen molar-refractivity contribution in [1.82, 2.24) is 4.90 Å². The molecule has 0 radical (unpaired) electrons. The predicted molar refractivity (Wildman–Crippen MR) is 48.6 cm³/mol. The van der Waals surface area contributed by atoms with Gasteiger partial charge in [0.25, 0.3) is 0 Å². The molecule has 1 atom stereocenters. The average molecular weight is 157 g/mol. The molecule has 1 aliphatic heterocycles. The van der Waals surface area contributed by atoms with E-state index in [1.165, 1.54) is 0 Å². The molecule has 66 valence electrons. The second-order valence-corrected chi connectivity index (χ2v) is 2.84. The molecule has 0 aromatic heterocycles. The zero-order chi connectivity index (χ0) is 7.40. The van der Waals surface area contributed by atoms with E-state index in [4.69, 9.17) is 0 Å². The molecule has 0 spiro atoms. The Morgan fingerprint density at radius 1 is 1.64 bits per heavy atom. The fraction of sp³-hybridized carbons (Fsp3) is 0.778. The van der Waals surface area contributed by atoms with Gasteiger partial charge in [0.2, 0.25) is 0 Å². The zero-order valence-corrected chi connectivity index (χ0v) is 6.29. The fourth-order valence-corrected chi connectivity index (χ4v) is 1.38. The Hall–Kier alpha value is -0.340. The summed E-state index contributed by atoms with van der Waals surface area (Å²) in [5, 5.41) is 9.23. The quantitative estimate of drug-likeness (QED) is 0.610. The van der Waals surface area contributed by atoms with Gasteiger partial charge in [-0.1, -0.05) is 13.5 Å². The molecule has 1 saturated heterocycles. The average Bonchev–Trinajstić information content (AvgIpc) is 1.88. The maximum atomic E-state index is 9.23. The van der Waals surface area contributed by atoms with Crippen LogP contribution in [0.2, 0.25) is 0 Å². The van der Waals surface area contributed by atoms with Gasteiger partial charge in [-0.3, -0.25) is 4.90 Å². The predicted octanol–water partition coefficient (Wildman–Crippen LogP) is 1.27. The molecule has 1 rings (SSSR count). The van der Waals surface area contributed by atoms with Crippen molar-refractivity contribution in [3.63, 3.8) is 0 Å². The molecule has 1 aliphatic rings. The molecule has 2 nitrogen and oxygen atoms in total. The molecule has 1 heterocycles. The van der Waals surface area contributed by atoms with Gasteiger partial charge in [-0.25, -0.2) is 0 Å². The summed E-state index contributed by atoms with van der Waals surface area (Å²) >= 11 is 0. The standard InChI is InChI=1S/C8H15NO.CH4/c1-2-5-9-6-3-4-8(10)7-9;/h2,8,10H,1,3-7H2;1H4. The molecule has 0 aromatic rings. The van der Waals surface area contributed by atoms with Crippen LogP contribution in [0.25, 0.3) is 0 Å². The fourth-order valence-electron chi connectivity index (χ4n) is 1.38. The molecule has 1 N–H and O–H groups in total. The highest BCUT2D eigenvalue weighted by molar-refractivity contribution is 4.78. The molecule has 0 aliphatic carbocycles. The normalized spacial score (nSPS) is 25.7. The van der Waals surface area contributed by atoms with Crippen molar-refractivity contribution < 1.29 is 5.11 Å². The Kier molecular flexibility index (Phi) is 5.16. The smallest absolute Gasteiger partial charge is 0.0667 e. The summed E-state index contributed by atoms with van der Waals surface area (Å²) in [6.45, 7) is 6.51. The highest BCUT2D eigenvalue weighted by Gasteiger charge is 2.15. The molecule has 0 saturated carbocycles. The van der Waals surface area contributed by atoms with Crippen LogP contribution in [0.4, 0.5) is 0 Å². The first-order valence-electron chi connectivity index (χ1n) is 3.84. The first-order valence-corrected chi connectivity index (χ1v) is 3.84. The van der Waals surface area contributed by atoms with Gasteiger partial charge in [0, 0.05) is 13.1 Å². The van der Waals surface area contributed by atoms with Crippen LogP contribution in [0.5, 0.6) is 0 Å². The summed E-state index contributed by atoms with van der Waals surface area (Å²) in [5.74, 6) is 0. The maximum Gasteiger partial charge on any atom is 0.0667 e. The summed E-state index contributed by atoms with van der Waals surface area (Å²) in [4.78, 5) is 2.22. The minimum absolute atomic E-state index is 0. The Morgan fingerprint density at radius 3 is 2.91 bits per heavy atom. The molecule has 0 amide bonds. The van der Waals surface area contributed by atoms with E-state index in [1.807, 2.05) is 6.08 Å². The van der Waals surface area contributed by atoms with Crippen LogP contribution >= 0.6 is 0 Å². The summed E-state index contributed by atoms with van der Waals surface area (Å²) < 4.78 is 0. The van der Waals surface area contributed by atoms with Gasteiger partial charge < -0.3 is 5.11 Å². The van der Waals surface area contributed by atoms with Gasteiger partial charge in [-0.15, -0.1) is 6.58 Å². The van der Waals surface area contributed by atoms with Crippen LogP contribution in [0, 0.1) is 0 Å². The highest BCUT2D eigenvalue weighted by atomic mass is 16.3. The third-order valence-corrected chi connectivity index (χ3v) is 1.87. The number of hydrogen-bond acceptors (Lipinski definition) is 2. The Balaban J connectivity index is 0.000001000. The van der Waals surface area contributed by atoms with Crippen molar-refractivity contribution in [1.29, 1.82) is 0 Å². The van der Waals surface area contributed by atoms with Crippen LogP contribution in [-0.2, 0) is 0 Å². The first kappa shape index (κ1) is 10.7. The molecular formula is C9H19NO. The number of aliphatic hydroxyl groups is 1. The van der Waals surface area contributed by atoms with E-state index >= 15 is 0 Å². The lowest BCUT2D eigenvalue weighted by Gasteiger charge is -2.28. The molecular weight excluding hydrogens is 138 g/mol. The van der Waals surface area contributed by atoms with E-state index in [0.29, 0.717) is 0 Å². The van der Waals surface area contributed by atoms with Crippen molar-refractivity contribution in [2.24, 2.45) is 0 Å². The van der Waals surface area contributed by atoms with Crippen molar-refractivity contribution >= 4 is 0 Å². The molecule has 11 heavy (non-hydrogen) atoms. The van der Waals surface area contributed by atoms with Crippen LogP contribution in [0.15, 0.2) is 12.7 Å². The number of piperidine rings is 1. The minimum atomic E-state index is -0.103. The van der Waals surface area contributed by atoms with Gasteiger partial charge in [-0.2, -0.15) is 0 Å². The number of rotatable bonds is 2. The van der Waals surface area contributed by atoms with E-state index in [-0.39, 0.29) is 13.5 Å². The second kappa shape index (κ2) is 5.33. The van der Waals surface area contributed by atoms with Crippen molar-refractivity contribution in [3.05, 3.63) is 12.7 Å². The third kappa shape index (κ3) is 3.54. The summed E-state index contributed by atoms with van der Waals surface area (Å²) in [6, 6.07) is 0. The number of β-amino-alcohol motifs (C(OH)–C–C–N with tert-alkyl or cyclic N) is 1. The Bertz CT molecular complexity index is 114. The van der Waals surface area contributed by atoms with E-state index in [9.17, 15) is 5.11 Å².